The van der Waals surface area contributed by atoms with Crippen molar-refractivity contribution in [2.24, 2.45) is 0 Å². The minimum atomic E-state index is 0.497. The summed E-state index contributed by atoms with van der Waals surface area (Å²) in [6.07, 6.45) is 3.83. The van der Waals surface area contributed by atoms with E-state index >= 15 is 0 Å². The summed E-state index contributed by atoms with van der Waals surface area (Å²) in [4.78, 5) is 0. The van der Waals surface area contributed by atoms with Gasteiger partial charge >= 0.3 is 0 Å². The summed E-state index contributed by atoms with van der Waals surface area (Å²) in [5.74, 6) is 0. The van der Waals surface area contributed by atoms with Gasteiger partial charge in [0.15, 0.2) is 0 Å². The molecule has 0 amide bonds. The fraction of sp³-hybridized carbons (Fsp3) is 0.538. The minimum absolute atomic E-state index is 0.497. The van der Waals surface area contributed by atoms with Gasteiger partial charge in [0, 0.05) is 17.8 Å². The Bertz CT molecular complexity index is 346. The molecule has 3 N–H and O–H groups in total. The molecule has 0 radical (unpaired) electrons. The van der Waals surface area contributed by atoms with Crippen LogP contribution in [0.15, 0.2) is 18.2 Å². The molecule has 0 spiro atoms. The number of nitrogen functional groups attached to an aromatic ring is 1. The van der Waals surface area contributed by atoms with Crippen molar-refractivity contribution >= 4 is 5.69 Å². The Morgan fingerprint density at radius 2 is 2.13 bits per heavy atom. The first-order chi connectivity index (χ1) is 7.16. The highest BCUT2D eigenvalue weighted by Crippen LogP contribution is 2.28. The molecule has 2 nitrogen and oxygen atoms in total. The van der Waals surface area contributed by atoms with Gasteiger partial charge in [0.1, 0.15) is 0 Å². The standard InChI is InChI=1S/C13H20N2/c1-9-6-7-11(14)8-12(9)13-5-3-4-10(2)15-13/h6-8,10,13,15H,3-5,14H2,1-2H3. The third-order valence-corrected chi connectivity index (χ3v) is 3.29. The van der Waals surface area contributed by atoms with Gasteiger partial charge in [-0.15, -0.1) is 0 Å². The van der Waals surface area contributed by atoms with Crippen molar-refractivity contribution in [2.75, 3.05) is 5.73 Å². The molecule has 1 aliphatic rings. The lowest BCUT2D eigenvalue weighted by Gasteiger charge is -2.30. The molecule has 0 aliphatic carbocycles. The Labute approximate surface area is 91.9 Å². The number of benzene rings is 1. The molecule has 2 unspecified atom stereocenters. The normalized spacial score (nSPS) is 26.5. The average molecular weight is 204 g/mol. The largest absolute Gasteiger partial charge is 0.399 e. The van der Waals surface area contributed by atoms with E-state index in [0.29, 0.717) is 12.1 Å². The maximum Gasteiger partial charge on any atom is 0.0325 e. The first kappa shape index (κ1) is 10.5. The summed E-state index contributed by atoms with van der Waals surface area (Å²) in [5.41, 5.74) is 9.43. The van der Waals surface area contributed by atoms with Crippen LogP contribution in [0.25, 0.3) is 0 Å². The molecular formula is C13H20N2. The van der Waals surface area contributed by atoms with E-state index < -0.39 is 0 Å². The van der Waals surface area contributed by atoms with Crippen LogP contribution in [-0.2, 0) is 0 Å². The minimum Gasteiger partial charge on any atom is -0.399 e. The highest BCUT2D eigenvalue weighted by molar-refractivity contribution is 5.45. The number of hydrogen-bond acceptors (Lipinski definition) is 2. The molecule has 1 saturated heterocycles. The number of aryl methyl sites for hydroxylation is 1. The lowest BCUT2D eigenvalue weighted by molar-refractivity contribution is 0.340. The number of nitrogens with two attached hydrogens (primary N) is 1. The van der Waals surface area contributed by atoms with E-state index in [1.807, 2.05) is 6.07 Å². The lowest BCUT2D eigenvalue weighted by Crippen LogP contribution is -2.34. The summed E-state index contributed by atoms with van der Waals surface area (Å²) in [5, 5.41) is 3.65. The van der Waals surface area contributed by atoms with Crippen LogP contribution in [0.5, 0.6) is 0 Å². The Morgan fingerprint density at radius 3 is 2.87 bits per heavy atom. The van der Waals surface area contributed by atoms with Crippen LogP contribution >= 0.6 is 0 Å². The predicted molar refractivity (Wildman–Crippen MR) is 64.8 cm³/mol. The molecule has 2 rings (SSSR count). The van der Waals surface area contributed by atoms with Crippen molar-refractivity contribution in [1.82, 2.24) is 5.32 Å². The highest BCUT2D eigenvalue weighted by atomic mass is 15.0. The van der Waals surface area contributed by atoms with E-state index in [-0.39, 0.29) is 0 Å². The summed E-state index contributed by atoms with van der Waals surface area (Å²) in [7, 11) is 0. The van der Waals surface area contributed by atoms with Gasteiger partial charge in [-0.1, -0.05) is 12.5 Å². The maximum atomic E-state index is 5.84. The number of anilines is 1. The van der Waals surface area contributed by atoms with Crippen LogP contribution < -0.4 is 11.1 Å². The van der Waals surface area contributed by atoms with E-state index in [9.17, 15) is 0 Å². The van der Waals surface area contributed by atoms with Crippen LogP contribution in [0.2, 0.25) is 0 Å². The third-order valence-electron chi connectivity index (χ3n) is 3.29. The quantitative estimate of drug-likeness (QED) is 0.690. The van der Waals surface area contributed by atoms with Gasteiger partial charge in [0.25, 0.3) is 0 Å². The van der Waals surface area contributed by atoms with Crippen molar-refractivity contribution < 1.29 is 0 Å². The Kier molecular flexibility index (Phi) is 2.96. The van der Waals surface area contributed by atoms with Gasteiger partial charge in [-0.05, 0) is 49.9 Å². The van der Waals surface area contributed by atoms with Gasteiger partial charge in [-0.3, -0.25) is 0 Å². The van der Waals surface area contributed by atoms with Crippen molar-refractivity contribution in [2.45, 2.75) is 45.2 Å². The second kappa shape index (κ2) is 4.23. The van der Waals surface area contributed by atoms with Crippen LogP contribution in [0, 0.1) is 6.92 Å². The molecule has 1 aliphatic heterocycles. The van der Waals surface area contributed by atoms with Crippen molar-refractivity contribution in [3.05, 3.63) is 29.3 Å². The van der Waals surface area contributed by atoms with Gasteiger partial charge in [0.05, 0.1) is 0 Å². The predicted octanol–water partition coefficient (Wildman–Crippen LogP) is 2.78. The maximum absolute atomic E-state index is 5.84. The summed E-state index contributed by atoms with van der Waals surface area (Å²) < 4.78 is 0. The third kappa shape index (κ3) is 2.32. The van der Waals surface area contributed by atoms with E-state index in [1.165, 1.54) is 30.4 Å². The molecule has 15 heavy (non-hydrogen) atoms. The first-order valence-electron chi connectivity index (χ1n) is 5.79. The summed E-state index contributed by atoms with van der Waals surface area (Å²) >= 11 is 0. The monoisotopic (exact) mass is 204 g/mol. The van der Waals surface area contributed by atoms with Crippen LogP contribution in [0.1, 0.15) is 43.4 Å². The van der Waals surface area contributed by atoms with Gasteiger partial charge in [-0.25, -0.2) is 0 Å². The SMILES string of the molecule is Cc1ccc(N)cc1C1CCCC(C)N1. The number of piperidine rings is 1. The first-order valence-corrected chi connectivity index (χ1v) is 5.79. The second-order valence-electron chi connectivity index (χ2n) is 4.67. The summed E-state index contributed by atoms with van der Waals surface area (Å²) in [6.45, 7) is 4.42. The molecular weight excluding hydrogens is 184 g/mol. The lowest BCUT2D eigenvalue weighted by atomic mass is 9.91. The van der Waals surface area contributed by atoms with Gasteiger partial charge in [-0.2, -0.15) is 0 Å². The molecule has 1 aromatic rings. The molecule has 1 fully saturated rings. The van der Waals surface area contributed by atoms with Crippen molar-refractivity contribution in [1.29, 1.82) is 0 Å². The molecule has 0 aromatic heterocycles. The Balaban J connectivity index is 2.24. The molecule has 82 valence electrons. The number of hydrogen-bond donors (Lipinski definition) is 2. The van der Waals surface area contributed by atoms with Crippen LogP contribution in [0.3, 0.4) is 0 Å². The molecule has 2 atom stereocenters. The van der Waals surface area contributed by atoms with Crippen LogP contribution in [-0.4, -0.2) is 6.04 Å². The zero-order valence-electron chi connectivity index (χ0n) is 9.59. The topological polar surface area (TPSA) is 38.0 Å². The Morgan fingerprint density at radius 1 is 1.33 bits per heavy atom. The van der Waals surface area contributed by atoms with E-state index in [2.05, 4.69) is 31.3 Å². The molecule has 0 saturated carbocycles. The second-order valence-corrected chi connectivity index (χ2v) is 4.67. The number of rotatable bonds is 1. The van der Waals surface area contributed by atoms with Crippen LogP contribution in [0.4, 0.5) is 5.69 Å². The van der Waals surface area contributed by atoms with Crippen molar-refractivity contribution in [3.63, 3.8) is 0 Å². The van der Waals surface area contributed by atoms with E-state index in [0.717, 1.165) is 5.69 Å². The Hall–Kier alpha value is -1.02. The molecule has 2 heteroatoms. The van der Waals surface area contributed by atoms with Crippen molar-refractivity contribution in [3.8, 4) is 0 Å². The molecule has 0 bridgehead atoms. The fourth-order valence-electron chi connectivity index (χ4n) is 2.42. The molecule has 1 aromatic carbocycles. The number of nitrogens with one attached hydrogen (secondary N) is 1. The fourth-order valence-corrected chi connectivity index (χ4v) is 2.42. The average Bonchev–Trinajstić information content (AvgIpc) is 2.22. The zero-order chi connectivity index (χ0) is 10.8. The van der Waals surface area contributed by atoms with Gasteiger partial charge in [0.2, 0.25) is 0 Å². The summed E-state index contributed by atoms with van der Waals surface area (Å²) in [6, 6.07) is 7.34. The zero-order valence-corrected chi connectivity index (χ0v) is 9.59. The van der Waals surface area contributed by atoms with E-state index in [1.54, 1.807) is 0 Å². The molecule has 1 heterocycles. The van der Waals surface area contributed by atoms with Gasteiger partial charge < -0.3 is 11.1 Å². The highest BCUT2D eigenvalue weighted by Gasteiger charge is 2.20. The smallest absolute Gasteiger partial charge is 0.0325 e. The van der Waals surface area contributed by atoms with E-state index in [4.69, 9.17) is 5.73 Å².